The van der Waals surface area contributed by atoms with Gasteiger partial charge in [0.15, 0.2) is 0 Å². The van der Waals surface area contributed by atoms with Crippen LogP contribution in [-0.4, -0.2) is 61.7 Å². The van der Waals surface area contributed by atoms with Crippen LogP contribution in [0.15, 0.2) is 24.3 Å². The van der Waals surface area contributed by atoms with Gasteiger partial charge in [-0.3, -0.25) is 9.80 Å². The minimum Gasteiger partial charge on any atom is -0.494 e. The molecule has 2 bridgehead atoms. The third-order valence-electron chi connectivity index (χ3n) is 4.68. The molecule has 0 radical (unpaired) electrons. The molecule has 0 amide bonds. The van der Waals surface area contributed by atoms with Crippen molar-refractivity contribution in [2.24, 2.45) is 0 Å². The molecule has 3 aliphatic rings. The van der Waals surface area contributed by atoms with Crippen molar-refractivity contribution in [3.05, 3.63) is 29.8 Å². The van der Waals surface area contributed by atoms with Gasteiger partial charge in [0.1, 0.15) is 5.75 Å². The van der Waals surface area contributed by atoms with Crippen molar-refractivity contribution in [1.82, 2.24) is 15.1 Å². The third-order valence-corrected chi connectivity index (χ3v) is 4.68. The van der Waals surface area contributed by atoms with Crippen LogP contribution >= 0.6 is 0 Å². The SMILES string of the molecule is CCNC(c1ccc(OCC)cc1)C1CN2CCN1CC2. The number of piperazine rings is 3. The first-order valence-electron chi connectivity index (χ1n) is 8.24. The lowest BCUT2D eigenvalue weighted by Crippen LogP contribution is -2.63. The molecule has 21 heavy (non-hydrogen) atoms. The fourth-order valence-electron chi connectivity index (χ4n) is 3.61. The van der Waals surface area contributed by atoms with Gasteiger partial charge >= 0.3 is 0 Å². The van der Waals surface area contributed by atoms with Gasteiger partial charge in [-0.05, 0) is 31.2 Å². The van der Waals surface area contributed by atoms with Crippen LogP contribution in [0, 0.1) is 0 Å². The Morgan fingerprint density at radius 3 is 2.38 bits per heavy atom. The van der Waals surface area contributed by atoms with Crippen molar-refractivity contribution in [1.29, 1.82) is 0 Å². The minimum absolute atomic E-state index is 0.411. The molecule has 4 nitrogen and oxygen atoms in total. The van der Waals surface area contributed by atoms with E-state index in [1.165, 1.54) is 38.3 Å². The minimum atomic E-state index is 0.411. The lowest BCUT2D eigenvalue weighted by Gasteiger charge is -2.50. The highest BCUT2D eigenvalue weighted by molar-refractivity contribution is 5.30. The highest BCUT2D eigenvalue weighted by Crippen LogP contribution is 2.28. The average molecular weight is 289 g/mol. The van der Waals surface area contributed by atoms with Gasteiger partial charge in [0.25, 0.3) is 0 Å². The average Bonchev–Trinajstić information content (AvgIpc) is 2.55. The Labute approximate surface area is 128 Å². The normalized spacial score (nSPS) is 29.3. The number of rotatable bonds is 6. The third kappa shape index (κ3) is 3.23. The second kappa shape index (κ2) is 6.77. The highest BCUT2D eigenvalue weighted by Gasteiger charge is 2.36. The van der Waals surface area contributed by atoms with Crippen LogP contribution in [0.3, 0.4) is 0 Å². The summed E-state index contributed by atoms with van der Waals surface area (Å²) >= 11 is 0. The fraction of sp³-hybridized carbons (Fsp3) is 0.647. The summed E-state index contributed by atoms with van der Waals surface area (Å²) in [5, 5.41) is 3.70. The van der Waals surface area contributed by atoms with Gasteiger partial charge in [0.2, 0.25) is 0 Å². The molecular formula is C17H27N3O. The first-order valence-corrected chi connectivity index (χ1v) is 8.24. The molecule has 1 aromatic rings. The Balaban J connectivity index is 1.77. The zero-order valence-electron chi connectivity index (χ0n) is 13.2. The predicted molar refractivity (Wildman–Crippen MR) is 85.8 cm³/mol. The summed E-state index contributed by atoms with van der Waals surface area (Å²) in [6, 6.07) is 9.63. The van der Waals surface area contributed by atoms with Crippen molar-refractivity contribution in [2.45, 2.75) is 25.9 Å². The largest absolute Gasteiger partial charge is 0.494 e. The van der Waals surface area contributed by atoms with Crippen molar-refractivity contribution in [3.63, 3.8) is 0 Å². The van der Waals surface area contributed by atoms with E-state index in [1.807, 2.05) is 6.92 Å². The van der Waals surface area contributed by atoms with E-state index in [1.54, 1.807) is 0 Å². The summed E-state index contributed by atoms with van der Waals surface area (Å²) in [7, 11) is 0. The number of benzene rings is 1. The summed E-state index contributed by atoms with van der Waals surface area (Å²) in [5.41, 5.74) is 1.37. The molecule has 3 fully saturated rings. The van der Waals surface area contributed by atoms with Crippen LogP contribution in [0.25, 0.3) is 0 Å². The van der Waals surface area contributed by atoms with Gasteiger partial charge in [-0.25, -0.2) is 0 Å². The molecule has 0 spiro atoms. The molecule has 4 rings (SSSR count). The zero-order valence-corrected chi connectivity index (χ0v) is 13.2. The van der Waals surface area contributed by atoms with Crippen molar-refractivity contribution in [3.8, 4) is 5.75 Å². The van der Waals surface area contributed by atoms with Gasteiger partial charge in [-0.2, -0.15) is 0 Å². The number of nitrogens with one attached hydrogen (secondary N) is 1. The molecule has 0 aromatic heterocycles. The van der Waals surface area contributed by atoms with Crippen molar-refractivity contribution in [2.75, 3.05) is 45.9 Å². The van der Waals surface area contributed by atoms with Crippen molar-refractivity contribution >= 4 is 0 Å². The molecule has 0 aliphatic carbocycles. The van der Waals surface area contributed by atoms with E-state index < -0.39 is 0 Å². The second-order valence-electron chi connectivity index (χ2n) is 5.94. The Kier molecular flexibility index (Phi) is 4.78. The zero-order chi connectivity index (χ0) is 14.7. The van der Waals surface area contributed by atoms with Gasteiger partial charge in [-0.1, -0.05) is 19.1 Å². The Morgan fingerprint density at radius 2 is 1.86 bits per heavy atom. The number of likely N-dealkylation sites (N-methyl/N-ethyl adjacent to an activating group) is 1. The molecule has 2 unspecified atom stereocenters. The summed E-state index contributed by atoms with van der Waals surface area (Å²) in [6.07, 6.45) is 0. The van der Waals surface area contributed by atoms with Gasteiger partial charge in [0.05, 0.1) is 6.61 Å². The summed E-state index contributed by atoms with van der Waals surface area (Å²) in [5.74, 6) is 0.964. The molecule has 116 valence electrons. The predicted octanol–water partition coefficient (Wildman–Crippen LogP) is 1.74. The lowest BCUT2D eigenvalue weighted by molar-refractivity contribution is -0.00343. The monoisotopic (exact) mass is 289 g/mol. The maximum atomic E-state index is 5.56. The van der Waals surface area contributed by atoms with E-state index in [0.29, 0.717) is 12.1 Å². The van der Waals surface area contributed by atoms with E-state index >= 15 is 0 Å². The molecule has 0 saturated carbocycles. The molecule has 2 atom stereocenters. The number of ether oxygens (including phenoxy) is 1. The van der Waals surface area contributed by atoms with E-state index in [4.69, 9.17) is 4.74 Å². The van der Waals surface area contributed by atoms with Gasteiger partial charge in [-0.15, -0.1) is 0 Å². The second-order valence-corrected chi connectivity index (χ2v) is 5.94. The van der Waals surface area contributed by atoms with Crippen LogP contribution < -0.4 is 10.1 Å². The molecular weight excluding hydrogens is 262 g/mol. The highest BCUT2D eigenvalue weighted by atomic mass is 16.5. The first-order chi connectivity index (χ1) is 10.3. The Hall–Kier alpha value is -1.10. The van der Waals surface area contributed by atoms with E-state index in [9.17, 15) is 0 Å². The molecule has 1 aromatic carbocycles. The standard InChI is InChI=1S/C17H27N3O/c1-3-18-17(14-5-7-15(8-6-14)21-4-2)16-13-19-9-11-20(16)12-10-19/h5-8,16-18H,3-4,9-13H2,1-2H3. The number of hydrogen-bond acceptors (Lipinski definition) is 4. The molecule has 3 heterocycles. The quantitative estimate of drug-likeness (QED) is 0.863. The topological polar surface area (TPSA) is 27.7 Å². The Bertz CT molecular complexity index is 440. The fourth-order valence-corrected chi connectivity index (χ4v) is 3.61. The smallest absolute Gasteiger partial charge is 0.119 e. The molecule has 1 N–H and O–H groups in total. The van der Waals surface area contributed by atoms with Crippen LogP contribution in [-0.2, 0) is 0 Å². The number of nitrogens with zero attached hydrogens (tertiary/aromatic N) is 2. The Morgan fingerprint density at radius 1 is 1.14 bits per heavy atom. The van der Waals surface area contributed by atoms with Crippen LogP contribution in [0.4, 0.5) is 0 Å². The number of hydrogen-bond donors (Lipinski definition) is 1. The van der Waals surface area contributed by atoms with Gasteiger partial charge in [0, 0.05) is 44.8 Å². The maximum Gasteiger partial charge on any atom is 0.119 e. The van der Waals surface area contributed by atoms with E-state index in [2.05, 4.69) is 46.3 Å². The van der Waals surface area contributed by atoms with Gasteiger partial charge < -0.3 is 10.1 Å². The summed E-state index contributed by atoms with van der Waals surface area (Å²) in [4.78, 5) is 5.26. The molecule has 3 aliphatic heterocycles. The van der Waals surface area contributed by atoms with Crippen LogP contribution in [0.2, 0.25) is 0 Å². The molecule has 4 heteroatoms. The van der Waals surface area contributed by atoms with E-state index in [-0.39, 0.29) is 0 Å². The van der Waals surface area contributed by atoms with Crippen LogP contribution in [0.1, 0.15) is 25.5 Å². The number of fused-ring (bicyclic) bond motifs is 3. The maximum absolute atomic E-state index is 5.56. The van der Waals surface area contributed by atoms with Crippen LogP contribution in [0.5, 0.6) is 5.75 Å². The molecule has 3 saturated heterocycles. The summed E-state index contributed by atoms with van der Waals surface area (Å²) in [6.45, 7) is 12.0. The first kappa shape index (κ1) is 14.8. The lowest BCUT2D eigenvalue weighted by atomic mass is 9.94. The van der Waals surface area contributed by atoms with E-state index in [0.717, 1.165) is 18.9 Å². The van der Waals surface area contributed by atoms with Crippen molar-refractivity contribution < 1.29 is 4.74 Å². The summed E-state index contributed by atoms with van der Waals surface area (Å²) < 4.78 is 5.56.